The van der Waals surface area contributed by atoms with Gasteiger partial charge >= 0.3 is 0 Å². The molecule has 9 amide bonds. The van der Waals surface area contributed by atoms with Crippen molar-refractivity contribution in [1.82, 2.24) is 98.6 Å². The number of fused-ring (bicyclic) bond motifs is 3. The second-order valence-corrected chi connectivity index (χ2v) is 38.6. The third-order valence-electron chi connectivity index (χ3n) is 28.2. The van der Waals surface area contributed by atoms with E-state index in [4.69, 9.17) is 33.2 Å². The van der Waals surface area contributed by atoms with Crippen molar-refractivity contribution in [1.29, 1.82) is 0 Å². The molecule has 7 atom stereocenters. The number of pyridine rings is 5. The van der Waals surface area contributed by atoms with E-state index >= 15 is 0 Å². The maximum Gasteiger partial charge on any atom is 0.269 e. The van der Waals surface area contributed by atoms with Crippen LogP contribution in [-0.4, -0.2) is 276 Å². The summed E-state index contributed by atoms with van der Waals surface area (Å²) in [5.74, 6) is 28.6. The van der Waals surface area contributed by atoms with Crippen LogP contribution < -0.4 is 28.7 Å². The highest BCUT2D eigenvalue weighted by atomic mass is 16.5. The number of aromatic nitrogens is 16. The van der Waals surface area contributed by atoms with Crippen molar-refractivity contribution in [3.05, 3.63) is 222 Å². The van der Waals surface area contributed by atoms with Gasteiger partial charge in [-0.1, -0.05) is 64.4 Å². The lowest BCUT2D eigenvalue weighted by Gasteiger charge is -2.41. The summed E-state index contributed by atoms with van der Waals surface area (Å²) in [6.07, 6.45) is 20.4. The SMILES string of the molecule is CN1CC[C@@](O)(C#Cc2ccnc(-n3nc(C(N)=O)c4c3C3CC(C4)C3)c2)C1=O.CN1CC[C@@](O)(C#Cc2ccnc(-n3nc(C(N)=O)c4c3CC3CC4C3)c2)C1=O.CN1CC[C@@](O)(C#Cc2ccnc(-n3nc(C(N)=O)c4c3C[C@@H](O)CC4)c2)C1=O.CN1CC[C@@](O)(C#Cc2ccnc(-n3nc(C(N)=O)c4c3C[C@H](O)CC4)c2)C1=O.Cc1cc([C@](C)(O)C#Cc2ccnc(-n3nc(C(N)=O)c4c3CCCC4)c2)no1. The van der Waals surface area contributed by atoms with Gasteiger partial charge in [0, 0.05) is 191 Å². The van der Waals surface area contributed by atoms with Crippen LogP contribution in [0.4, 0.5) is 0 Å². The molecule has 42 nitrogen and oxygen atoms in total. The number of rotatable bonds is 11. The van der Waals surface area contributed by atoms with Crippen molar-refractivity contribution in [2.45, 2.75) is 194 Å². The maximum absolute atomic E-state index is 12.1. The van der Waals surface area contributed by atoms with Gasteiger partial charge in [-0.15, -0.1) is 0 Å². The predicted octanol–water partition coefficient (Wildman–Crippen LogP) is 0.843. The quantitative estimate of drug-likeness (QED) is 0.0798. The highest BCUT2D eigenvalue weighted by Crippen LogP contribution is 2.53. The van der Waals surface area contributed by atoms with E-state index in [0.717, 1.165) is 109 Å². The molecule has 145 heavy (non-hydrogen) atoms. The second-order valence-electron chi connectivity index (χ2n) is 38.6. The molecular weight excluding hydrogens is 1860 g/mol. The summed E-state index contributed by atoms with van der Waals surface area (Å²) in [6.45, 7) is 5.15. The lowest BCUT2D eigenvalue weighted by atomic mass is 9.64. The average Bonchev–Trinajstić information content (AvgIpc) is 1.56. The molecule has 0 radical (unpaired) electrons. The lowest BCUT2D eigenvalue weighted by molar-refractivity contribution is -0.138. The van der Waals surface area contributed by atoms with Crippen LogP contribution in [0.15, 0.2) is 102 Å². The molecule has 17 N–H and O–H groups in total. The minimum Gasteiger partial charge on any atom is -0.393 e. The van der Waals surface area contributed by atoms with E-state index in [0.29, 0.717) is 185 Å². The molecule has 9 aliphatic carbocycles. The summed E-state index contributed by atoms with van der Waals surface area (Å²) >= 11 is 0. The number of primary amides is 5. The van der Waals surface area contributed by atoms with Gasteiger partial charge in [-0.2, -0.15) is 25.5 Å². The molecule has 11 aromatic rings. The molecule has 4 bridgehead atoms. The molecule has 4 saturated heterocycles. The average molecular weight is 1970 g/mol. The van der Waals surface area contributed by atoms with Crippen molar-refractivity contribution in [3.63, 3.8) is 0 Å². The highest BCUT2D eigenvalue weighted by molar-refractivity contribution is 5.97. The fourth-order valence-corrected chi connectivity index (χ4v) is 20.2. The van der Waals surface area contributed by atoms with Gasteiger partial charge in [0.05, 0.1) is 40.7 Å². The van der Waals surface area contributed by atoms with E-state index in [-0.39, 0.29) is 48.9 Å². The number of nitrogens with two attached hydrogens (primary N) is 5. The number of aliphatic hydroxyl groups excluding tert-OH is 2. The number of amides is 9. The minimum absolute atomic E-state index is 0.180. The molecule has 11 aromatic heterocycles. The van der Waals surface area contributed by atoms with E-state index in [9.17, 15) is 78.9 Å². The first-order valence-corrected chi connectivity index (χ1v) is 47.6. The number of nitrogens with zero attached hydrogens (tertiary/aromatic N) is 20. The van der Waals surface area contributed by atoms with Gasteiger partial charge in [0.1, 0.15) is 11.5 Å². The number of likely N-dealkylation sites (N-methyl/N-ethyl adjacent to an activating group) is 4. The number of hydrogen-bond acceptors (Lipinski definition) is 28. The molecule has 4 aliphatic heterocycles. The number of aryl methyl sites for hydroxylation is 1. The summed E-state index contributed by atoms with van der Waals surface area (Å²) < 4.78 is 13.1. The Morgan fingerprint density at radius 1 is 0.407 bits per heavy atom. The Kier molecular flexibility index (Phi) is 26.8. The Bertz CT molecular complexity index is 7340. The standard InChI is InChI=1S/3C21H21N5O3.2C20H21N5O4/c1-25-7-5-21(29,20(25)28)4-2-12-3-6-23-16(11-12)26-18-14-8-13(9-14)10-15(18)17(24-26)19(22)27;1-25-7-5-21(29,20(25)28)4-2-12-3-6-23-16(11-12)26-15-10-13-8-14(9-13)17(15)18(24-26)19(22)27;1-13-11-17(25-29-13)21(2,28)9-7-14-8-10-23-18(12-14)26-16-6-4-3-5-15(16)19(24-26)20(22)27;2*1-24-9-7-20(29,19(24)28)6-4-12-5-8-22-16(10-12)25-15-11-13(26)2-3-14(15)17(23-25)18(21)27/h2*3,6,11,13-14,29H,5,7-10H2,1H3,(H2,22,27);8,10-12,28H,3-6H2,1-2H3,(H2,22,27);2*5,8,10,13,26,29H,2-3,7,9,11H2,1H3,(H2,21,27)/t2*13?,14?,21-;21-;13-,20+;13-,20-/m00110/s1. The largest absolute Gasteiger partial charge is 0.393 e. The van der Waals surface area contributed by atoms with Crippen molar-refractivity contribution < 1.29 is 83.4 Å². The number of likely N-dealkylation sites (tertiary alicyclic amines) is 4. The molecule has 6 fully saturated rings. The highest BCUT2D eigenvalue weighted by Gasteiger charge is 2.49. The molecule has 0 unspecified atom stereocenters. The molecule has 2 saturated carbocycles. The van der Waals surface area contributed by atoms with Crippen LogP contribution in [0.3, 0.4) is 0 Å². The van der Waals surface area contributed by atoms with Gasteiger partial charge < -0.3 is 88.5 Å². The van der Waals surface area contributed by atoms with Gasteiger partial charge in [-0.3, -0.25) is 43.2 Å². The first kappa shape index (κ1) is 98.9. The molecule has 744 valence electrons. The summed E-state index contributed by atoms with van der Waals surface area (Å²) in [6, 6.07) is 18.7. The van der Waals surface area contributed by atoms with Crippen LogP contribution in [0.5, 0.6) is 0 Å². The zero-order valence-electron chi connectivity index (χ0n) is 80.2. The van der Waals surface area contributed by atoms with Crippen LogP contribution in [-0.2, 0) is 76.1 Å². The number of hydrogen-bond donors (Lipinski definition) is 12. The van der Waals surface area contributed by atoms with Crippen LogP contribution in [0.25, 0.3) is 29.1 Å². The van der Waals surface area contributed by atoms with Crippen LogP contribution in [0.2, 0.25) is 0 Å². The molecular formula is C103H105N25O17. The fraction of sp³-hybridized carbons (Fsp3) is 0.398. The minimum atomic E-state index is -1.69. The van der Waals surface area contributed by atoms with Gasteiger partial charge in [0.25, 0.3) is 53.2 Å². The van der Waals surface area contributed by atoms with Crippen molar-refractivity contribution in [3.8, 4) is 88.3 Å². The summed E-state index contributed by atoms with van der Waals surface area (Å²) in [4.78, 5) is 135. The smallest absolute Gasteiger partial charge is 0.269 e. The molecule has 24 rings (SSSR count). The molecule has 0 spiro atoms. The Morgan fingerprint density at radius 2 is 0.731 bits per heavy atom. The number of carbonyl (C=O) groups excluding carboxylic acids is 9. The van der Waals surface area contributed by atoms with Gasteiger partial charge in [-0.25, -0.2) is 48.3 Å². The van der Waals surface area contributed by atoms with E-state index in [1.54, 1.807) is 141 Å². The topological polar surface area (TPSA) is 618 Å². The first-order valence-electron chi connectivity index (χ1n) is 47.6. The van der Waals surface area contributed by atoms with Crippen LogP contribution in [0, 0.1) is 78.0 Å². The molecule has 42 heteroatoms. The third kappa shape index (κ3) is 19.8. The van der Waals surface area contributed by atoms with Crippen molar-refractivity contribution in [2.75, 3.05) is 54.4 Å². The van der Waals surface area contributed by atoms with Crippen molar-refractivity contribution >= 4 is 53.2 Å². The van der Waals surface area contributed by atoms with Crippen LogP contribution >= 0.6 is 0 Å². The summed E-state index contributed by atoms with van der Waals surface area (Å²) in [5.41, 5.74) is 32.7. The number of aliphatic hydroxyl groups is 7. The van der Waals surface area contributed by atoms with E-state index < -0.39 is 81.6 Å². The van der Waals surface area contributed by atoms with Crippen molar-refractivity contribution in [2.24, 2.45) is 40.5 Å². The maximum atomic E-state index is 12.1. The summed E-state index contributed by atoms with van der Waals surface area (Å²) in [5, 5.41) is 98.4. The molecule has 15 heterocycles. The van der Waals surface area contributed by atoms with Gasteiger partial charge in [-0.05, 0) is 182 Å². The monoisotopic (exact) mass is 1960 g/mol. The van der Waals surface area contributed by atoms with E-state index in [1.807, 2.05) is 0 Å². The first-order chi connectivity index (χ1) is 69.1. The predicted molar refractivity (Wildman–Crippen MR) is 514 cm³/mol. The van der Waals surface area contributed by atoms with Gasteiger partial charge in [0.15, 0.2) is 63.2 Å². The molecule has 0 aromatic carbocycles. The second kappa shape index (κ2) is 39.2. The molecule has 13 aliphatic rings. The normalized spacial score (nSPS) is 23.3. The zero-order chi connectivity index (χ0) is 103. The fourth-order valence-electron chi connectivity index (χ4n) is 20.2. The Balaban J connectivity index is 0.000000119. The third-order valence-corrected chi connectivity index (χ3v) is 28.2. The van der Waals surface area contributed by atoms with Crippen LogP contribution in [0.1, 0.15) is 244 Å². The van der Waals surface area contributed by atoms with E-state index in [1.165, 1.54) is 41.4 Å². The Morgan fingerprint density at radius 3 is 1.10 bits per heavy atom. The summed E-state index contributed by atoms with van der Waals surface area (Å²) in [7, 11) is 6.54. The Hall–Kier alpha value is -16.2. The number of carbonyl (C=O) groups is 9. The lowest BCUT2D eigenvalue weighted by Crippen LogP contribution is -2.37. The van der Waals surface area contributed by atoms with Gasteiger partial charge in [0.2, 0.25) is 22.4 Å². The Labute approximate surface area is 830 Å². The van der Waals surface area contributed by atoms with E-state index in [2.05, 4.69) is 115 Å². The zero-order valence-corrected chi connectivity index (χ0v) is 80.2.